The van der Waals surface area contributed by atoms with Gasteiger partial charge < -0.3 is 43.8 Å². The summed E-state index contributed by atoms with van der Waals surface area (Å²) in [5, 5.41) is 39.7. The molecule has 1 aliphatic rings. The third-order valence-corrected chi connectivity index (χ3v) is 5.55. The molecule has 0 radical (unpaired) electrons. The van der Waals surface area contributed by atoms with Crippen LogP contribution in [0, 0.1) is 0 Å². The van der Waals surface area contributed by atoms with E-state index in [9.17, 15) is 25.2 Å². The highest BCUT2D eigenvalue weighted by molar-refractivity contribution is 5.84. The molecular weight excluding hydrogens is 436 g/mol. The van der Waals surface area contributed by atoms with Gasteiger partial charge in [0, 0.05) is 6.07 Å². The van der Waals surface area contributed by atoms with Crippen molar-refractivity contribution in [3.8, 4) is 28.4 Å². The first-order valence-electron chi connectivity index (χ1n) is 10.1. The number of ether oxygens (including phenoxy) is 4. The molecule has 1 aromatic heterocycles. The van der Waals surface area contributed by atoms with Crippen LogP contribution in [0.2, 0.25) is 0 Å². The fraction of sp³-hybridized carbons (Fsp3) is 0.348. The molecule has 0 unspecified atom stereocenters. The van der Waals surface area contributed by atoms with Crippen molar-refractivity contribution in [3.05, 3.63) is 52.9 Å². The van der Waals surface area contributed by atoms with Crippen LogP contribution >= 0.6 is 0 Å². The molecule has 4 rings (SSSR count). The minimum absolute atomic E-state index is 0.0645. The molecular formula is C23H24O10. The summed E-state index contributed by atoms with van der Waals surface area (Å²) in [4.78, 5) is 13.1. The second-order valence-electron chi connectivity index (χ2n) is 7.52. The molecule has 0 bridgehead atoms. The lowest BCUT2D eigenvalue weighted by Gasteiger charge is -2.39. The summed E-state index contributed by atoms with van der Waals surface area (Å²) in [7, 11) is 2.92. The Kier molecular flexibility index (Phi) is 6.54. The zero-order valence-electron chi connectivity index (χ0n) is 17.9. The maximum absolute atomic E-state index is 13.1. The SMILES string of the molecule is COc1ccc(-c2coc3cc(O[C@H]4O[C@@H](CO)[C@H](O)[C@@H](O)[C@@H]4O)c(OC)cc3c2=O)cc1. The van der Waals surface area contributed by atoms with Gasteiger partial charge in [0.2, 0.25) is 11.7 Å². The molecule has 5 atom stereocenters. The first-order valence-corrected chi connectivity index (χ1v) is 10.1. The summed E-state index contributed by atoms with van der Waals surface area (Å²) in [5.41, 5.74) is 0.888. The fourth-order valence-corrected chi connectivity index (χ4v) is 3.65. The second-order valence-corrected chi connectivity index (χ2v) is 7.52. The van der Waals surface area contributed by atoms with Crippen LogP contribution in [0.4, 0.5) is 0 Å². The Balaban J connectivity index is 1.70. The largest absolute Gasteiger partial charge is 0.497 e. The van der Waals surface area contributed by atoms with Crippen molar-refractivity contribution < 1.29 is 43.8 Å². The summed E-state index contributed by atoms with van der Waals surface area (Å²) in [6.45, 7) is -0.595. The summed E-state index contributed by atoms with van der Waals surface area (Å²) in [6, 6.07) is 9.78. The average Bonchev–Trinajstić information content (AvgIpc) is 2.84. The number of benzene rings is 2. The molecule has 1 saturated heterocycles. The van der Waals surface area contributed by atoms with E-state index in [1.165, 1.54) is 25.5 Å². The Morgan fingerprint density at radius 1 is 0.939 bits per heavy atom. The lowest BCUT2D eigenvalue weighted by molar-refractivity contribution is -0.277. The number of aliphatic hydroxyl groups excluding tert-OH is 4. The van der Waals surface area contributed by atoms with Crippen molar-refractivity contribution in [2.24, 2.45) is 0 Å². The normalized spacial score (nSPS) is 25.1. The number of rotatable bonds is 6. The van der Waals surface area contributed by atoms with E-state index in [-0.39, 0.29) is 27.9 Å². The summed E-state index contributed by atoms with van der Waals surface area (Å²) < 4.78 is 27.2. The van der Waals surface area contributed by atoms with Crippen LogP contribution in [0.25, 0.3) is 22.1 Å². The maximum atomic E-state index is 13.1. The Morgan fingerprint density at radius 3 is 2.30 bits per heavy atom. The van der Waals surface area contributed by atoms with E-state index >= 15 is 0 Å². The molecule has 0 aliphatic carbocycles. The third kappa shape index (κ3) is 4.26. The van der Waals surface area contributed by atoms with Gasteiger partial charge in [0.25, 0.3) is 0 Å². The van der Waals surface area contributed by atoms with Crippen LogP contribution in [-0.4, -0.2) is 72.0 Å². The van der Waals surface area contributed by atoms with Crippen molar-refractivity contribution in [1.29, 1.82) is 0 Å². The van der Waals surface area contributed by atoms with Gasteiger partial charge in [0.15, 0.2) is 11.5 Å². The first kappa shape index (κ1) is 23.0. The lowest BCUT2D eigenvalue weighted by Crippen LogP contribution is -2.60. The Labute approximate surface area is 188 Å². The van der Waals surface area contributed by atoms with E-state index in [0.717, 1.165) is 0 Å². The Hall–Kier alpha value is -3.15. The van der Waals surface area contributed by atoms with Gasteiger partial charge in [0.05, 0.1) is 31.8 Å². The van der Waals surface area contributed by atoms with Gasteiger partial charge in [-0.2, -0.15) is 0 Å². The van der Waals surface area contributed by atoms with Gasteiger partial charge in [-0.05, 0) is 23.8 Å². The summed E-state index contributed by atoms with van der Waals surface area (Å²) >= 11 is 0. The van der Waals surface area contributed by atoms with Gasteiger partial charge in [-0.15, -0.1) is 0 Å². The van der Waals surface area contributed by atoms with E-state index in [1.807, 2.05) is 0 Å². The summed E-state index contributed by atoms with van der Waals surface area (Å²) in [6.07, 6.45) is -5.94. The monoisotopic (exact) mass is 460 g/mol. The highest BCUT2D eigenvalue weighted by atomic mass is 16.7. The van der Waals surface area contributed by atoms with Crippen molar-refractivity contribution in [1.82, 2.24) is 0 Å². The van der Waals surface area contributed by atoms with Gasteiger partial charge in [-0.1, -0.05) is 12.1 Å². The number of fused-ring (bicyclic) bond motifs is 1. The molecule has 2 aromatic carbocycles. The molecule has 0 spiro atoms. The molecule has 10 nitrogen and oxygen atoms in total. The van der Waals surface area contributed by atoms with Crippen molar-refractivity contribution >= 4 is 11.0 Å². The van der Waals surface area contributed by atoms with Gasteiger partial charge in [-0.3, -0.25) is 4.79 Å². The second kappa shape index (κ2) is 9.38. The van der Waals surface area contributed by atoms with Crippen LogP contribution in [0.5, 0.6) is 17.2 Å². The Bertz CT molecular complexity index is 1170. The van der Waals surface area contributed by atoms with Crippen molar-refractivity contribution in [2.45, 2.75) is 30.7 Å². The van der Waals surface area contributed by atoms with Crippen molar-refractivity contribution in [3.63, 3.8) is 0 Å². The molecule has 176 valence electrons. The average molecular weight is 460 g/mol. The minimum Gasteiger partial charge on any atom is -0.497 e. The summed E-state index contributed by atoms with van der Waals surface area (Å²) in [5.74, 6) is 0.869. The highest BCUT2D eigenvalue weighted by Gasteiger charge is 2.45. The molecule has 33 heavy (non-hydrogen) atoms. The van der Waals surface area contributed by atoms with E-state index in [1.54, 1.807) is 31.4 Å². The zero-order valence-corrected chi connectivity index (χ0v) is 17.9. The van der Waals surface area contributed by atoms with Gasteiger partial charge >= 0.3 is 0 Å². The van der Waals surface area contributed by atoms with Crippen LogP contribution < -0.4 is 19.6 Å². The molecule has 10 heteroatoms. The molecule has 3 aromatic rings. The predicted octanol–water partition coefficient (Wildman–Crippen LogP) is 0.656. The van der Waals surface area contributed by atoms with E-state index in [2.05, 4.69) is 0 Å². The smallest absolute Gasteiger partial charge is 0.229 e. The standard InChI is InChI=1S/C23H24O10/c1-29-12-5-3-11(4-6-12)14-10-31-15-8-17(16(30-2)7-13(15)19(14)25)32-23-22(28)21(27)20(26)18(9-24)33-23/h3-8,10,18,20-24,26-28H,9H2,1-2H3/t18-,20-,21+,22-,23-/m0/s1. The van der Waals surface area contributed by atoms with Crippen LogP contribution in [0.3, 0.4) is 0 Å². The third-order valence-electron chi connectivity index (χ3n) is 5.55. The first-order chi connectivity index (χ1) is 15.9. The number of hydrogen-bond donors (Lipinski definition) is 4. The van der Waals surface area contributed by atoms with Crippen molar-refractivity contribution in [2.75, 3.05) is 20.8 Å². The van der Waals surface area contributed by atoms with Crippen LogP contribution in [0.1, 0.15) is 0 Å². The van der Waals surface area contributed by atoms with Crippen LogP contribution in [0.15, 0.2) is 51.9 Å². The van der Waals surface area contributed by atoms with Gasteiger partial charge in [0.1, 0.15) is 42.0 Å². The highest BCUT2D eigenvalue weighted by Crippen LogP contribution is 2.35. The minimum atomic E-state index is -1.60. The molecule has 4 N–H and O–H groups in total. The Morgan fingerprint density at radius 2 is 1.67 bits per heavy atom. The molecule has 2 heterocycles. The zero-order chi connectivity index (χ0) is 23.7. The van der Waals surface area contributed by atoms with E-state index in [4.69, 9.17) is 23.4 Å². The molecule has 1 aliphatic heterocycles. The molecule has 0 amide bonds. The number of methoxy groups -OCH3 is 2. The lowest BCUT2D eigenvalue weighted by atomic mass is 9.99. The quantitative estimate of drug-likeness (QED) is 0.413. The maximum Gasteiger partial charge on any atom is 0.229 e. The molecule has 1 fully saturated rings. The van der Waals surface area contributed by atoms with Gasteiger partial charge in [-0.25, -0.2) is 0 Å². The topological polar surface area (TPSA) is 148 Å². The fourth-order valence-electron chi connectivity index (χ4n) is 3.65. The van der Waals surface area contributed by atoms with E-state index < -0.39 is 37.3 Å². The van der Waals surface area contributed by atoms with Crippen LogP contribution in [-0.2, 0) is 4.74 Å². The number of aliphatic hydroxyl groups is 4. The predicted molar refractivity (Wildman–Crippen MR) is 115 cm³/mol. The molecule has 0 saturated carbocycles. The van der Waals surface area contributed by atoms with E-state index in [0.29, 0.717) is 16.9 Å². The number of hydrogen-bond acceptors (Lipinski definition) is 10.